The zero-order valence-corrected chi connectivity index (χ0v) is 11.2. The molecule has 0 fully saturated rings. The van der Waals surface area contributed by atoms with Crippen LogP contribution < -0.4 is 5.32 Å². The molecule has 0 aliphatic heterocycles. The predicted molar refractivity (Wildman–Crippen MR) is 74.1 cm³/mol. The smallest absolute Gasteiger partial charge is 0.224 e. The summed E-state index contributed by atoms with van der Waals surface area (Å²) in [5, 5.41) is 4.44. The molecule has 0 aliphatic carbocycles. The van der Waals surface area contributed by atoms with Crippen LogP contribution >= 0.6 is 11.6 Å². The molecule has 1 aromatic carbocycles. The van der Waals surface area contributed by atoms with Crippen LogP contribution in [0.3, 0.4) is 0 Å². The van der Waals surface area contributed by atoms with Gasteiger partial charge in [0, 0.05) is 11.9 Å². The molecular weight excluding hydrogens is 250 g/mol. The normalized spacial score (nSPS) is 11.1. The number of hydrogen-bond donors (Lipinski definition) is 1. The highest BCUT2D eigenvalue weighted by Gasteiger charge is 2.05. The molecule has 0 spiro atoms. The first-order chi connectivity index (χ1) is 8.66. The maximum absolute atomic E-state index is 5.89. The van der Waals surface area contributed by atoms with Gasteiger partial charge in [-0.05, 0) is 37.6 Å². The molecule has 0 saturated carbocycles. The van der Waals surface area contributed by atoms with E-state index in [1.165, 1.54) is 0 Å². The zero-order chi connectivity index (χ0) is 13.0. The second-order valence-corrected chi connectivity index (χ2v) is 4.54. The molecule has 2 rings (SSSR count). The number of halogens is 1. The SMILES string of the molecule is CC(C)OCCNc1nc(Cl)nc2ccccc12. The summed E-state index contributed by atoms with van der Waals surface area (Å²) in [6.45, 7) is 5.34. The van der Waals surface area contributed by atoms with Crippen LogP contribution in [0.25, 0.3) is 10.9 Å². The van der Waals surface area contributed by atoms with E-state index in [4.69, 9.17) is 16.3 Å². The molecule has 0 unspecified atom stereocenters. The van der Waals surface area contributed by atoms with Crippen LogP contribution in [0.5, 0.6) is 0 Å². The number of hydrogen-bond acceptors (Lipinski definition) is 4. The van der Waals surface area contributed by atoms with E-state index < -0.39 is 0 Å². The second-order valence-electron chi connectivity index (χ2n) is 4.20. The van der Waals surface area contributed by atoms with Crippen molar-refractivity contribution in [2.24, 2.45) is 0 Å². The number of benzene rings is 1. The van der Waals surface area contributed by atoms with Crippen LogP contribution in [-0.4, -0.2) is 29.2 Å². The zero-order valence-electron chi connectivity index (χ0n) is 10.5. The third-order valence-electron chi connectivity index (χ3n) is 2.42. The van der Waals surface area contributed by atoms with E-state index in [9.17, 15) is 0 Å². The Bertz CT molecular complexity index is 531. The molecule has 1 heterocycles. The first-order valence-electron chi connectivity index (χ1n) is 5.94. The summed E-state index contributed by atoms with van der Waals surface area (Å²) in [7, 11) is 0. The van der Waals surface area contributed by atoms with E-state index in [2.05, 4.69) is 15.3 Å². The highest BCUT2D eigenvalue weighted by atomic mass is 35.5. The molecule has 2 aromatic rings. The maximum Gasteiger partial charge on any atom is 0.224 e. The lowest BCUT2D eigenvalue weighted by atomic mass is 10.2. The van der Waals surface area contributed by atoms with Crippen molar-refractivity contribution >= 4 is 28.3 Å². The van der Waals surface area contributed by atoms with Gasteiger partial charge in [0.25, 0.3) is 0 Å². The largest absolute Gasteiger partial charge is 0.377 e. The van der Waals surface area contributed by atoms with Crippen molar-refractivity contribution < 1.29 is 4.74 Å². The summed E-state index contributed by atoms with van der Waals surface area (Å²) in [5.74, 6) is 0.748. The van der Waals surface area contributed by atoms with Crippen molar-refractivity contribution in [3.05, 3.63) is 29.5 Å². The Morgan fingerprint density at radius 1 is 1.28 bits per heavy atom. The summed E-state index contributed by atoms with van der Waals surface area (Å²) in [6.07, 6.45) is 0.234. The molecule has 1 N–H and O–H groups in total. The molecule has 1 aromatic heterocycles. The van der Waals surface area contributed by atoms with Crippen molar-refractivity contribution in [2.45, 2.75) is 20.0 Å². The minimum Gasteiger partial charge on any atom is -0.377 e. The lowest BCUT2D eigenvalue weighted by Crippen LogP contribution is -2.14. The Labute approximate surface area is 111 Å². The summed E-state index contributed by atoms with van der Waals surface area (Å²) in [5.41, 5.74) is 0.838. The lowest BCUT2D eigenvalue weighted by Gasteiger charge is -2.10. The Balaban J connectivity index is 2.12. The first-order valence-corrected chi connectivity index (χ1v) is 6.32. The van der Waals surface area contributed by atoms with E-state index in [-0.39, 0.29) is 11.4 Å². The van der Waals surface area contributed by atoms with E-state index in [1.54, 1.807) is 0 Å². The fraction of sp³-hybridized carbons (Fsp3) is 0.385. The average molecular weight is 266 g/mol. The highest BCUT2D eigenvalue weighted by molar-refractivity contribution is 6.28. The minimum absolute atomic E-state index is 0.234. The van der Waals surface area contributed by atoms with Crippen LogP contribution in [0, 0.1) is 0 Å². The number of para-hydroxylation sites is 1. The maximum atomic E-state index is 5.89. The number of fused-ring (bicyclic) bond motifs is 1. The molecule has 4 nitrogen and oxygen atoms in total. The molecule has 0 amide bonds. The molecule has 0 bridgehead atoms. The molecule has 18 heavy (non-hydrogen) atoms. The van der Waals surface area contributed by atoms with Gasteiger partial charge in [-0.2, -0.15) is 0 Å². The average Bonchev–Trinajstić information content (AvgIpc) is 2.34. The van der Waals surface area contributed by atoms with Gasteiger partial charge in [-0.15, -0.1) is 0 Å². The van der Waals surface area contributed by atoms with Gasteiger partial charge in [0.1, 0.15) is 5.82 Å². The lowest BCUT2D eigenvalue weighted by molar-refractivity contribution is 0.0870. The fourth-order valence-electron chi connectivity index (χ4n) is 1.65. The quantitative estimate of drug-likeness (QED) is 0.667. The summed E-state index contributed by atoms with van der Waals surface area (Å²) in [4.78, 5) is 8.38. The number of rotatable bonds is 5. The van der Waals surface area contributed by atoms with E-state index in [1.807, 2.05) is 38.1 Å². The summed E-state index contributed by atoms with van der Waals surface area (Å²) >= 11 is 5.89. The molecule has 0 atom stereocenters. The number of aromatic nitrogens is 2. The Morgan fingerprint density at radius 2 is 2.06 bits per heavy atom. The van der Waals surface area contributed by atoms with Gasteiger partial charge in [-0.25, -0.2) is 9.97 Å². The van der Waals surface area contributed by atoms with Crippen molar-refractivity contribution in [1.82, 2.24) is 9.97 Å². The van der Waals surface area contributed by atoms with Gasteiger partial charge in [-0.3, -0.25) is 0 Å². The van der Waals surface area contributed by atoms with Gasteiger partial charge >= 0.3 is 0 Å². The number of nitrogens with one attached hydrogen (secondary N) is 1. The van der Waals surface area contributed by atoms with Gasteiger partial charge in [0.2, 0.25) is 5.28 Å². The molecular formula is C13H16ClN3O. The third-order valence-corrected chi connectivity index (χ3v) is 2.59. The third kappa shape index (κ3) is 3.31. The monoisotopic (exact) mass is 265 g/mol. The van der Waals surface area contributed by atoms with Crippen LogP contribution in [0.1, 0.15) is 13.8 Å². The predicted octanol–water partition coefficient (Wildman–Crippen LogP) is 3.12. The van der Waals surface area contributed by atoms with Gasteiger partial charge in [0.05, 0.1) is 18.2 Å². The minimum atomic E-state index is 0.234. The number of nitrogens with zero attached hydrogens (tertiary/aromatic N) is 2. The molecule has 0 saturated heterocycles. The summed E-state index contributed by atoms with van der Waals surface area (Å²) < 4.78 is 5.47. The molecule has 5 heteroatoms. The number of anilines is 1. The summed E-state index contributed by atoms with van der Waals surface area (Å²) in [6, 6.07) is 7.77. The highest BCUT2D eigenvalue weighted by Crippen LogP contribution is 2.21. The molecule has 96 valence electrons. The second kappa shape index (κ2) is 5.98. The van der Waals surface area contributed by atoms with E-state index in [0.717, 1.165) is 16.7 Å². The van der Waals surface area contributed by atoms with Crippen LogP contribution in [0.2, 0.25) is 5.28 Å². The topological polar surface area (TPSA) is 47.0 Å². The van der Waals surface area contributed by atoms with Gasteiger partial charge in [-0.1, -0.05) is 12.1 Å². The Kier molecular flexibility index (Phi) is 4.33. The van der Waals surface area contributed by atoms with E-state index >= 15 is 0 Å². The Hall–Kier alpha value is -1.39. The Morgan fingerprint density at radius 3 is 2.83 bits per heavy atom. The van der Waals surface area contributed by atoms with Crippen LogP contribution in [0.15, 0.2) is 24.3 Å². The van der Waals surface area contributed by atoms with Crippen molar-refractivity contribution in [3.63, 3.8) is 0 Å². The van der Waals surface area contributed by atoms with Gasteiger partial charge < -0.3 is 10.1 Å². The molecule has 0 aliphatic rings. The van der Waals surface area contributed by atoms with Crippen LogP contribution in [0.4, 0.5) is 5.82 Å². The van der Waals surface area contributed by atoms with Crippen molar-refractivity contribution in [2.75, 3.05) is 18.5 Å². The fourth-order valence-corrected chi connectivity index (χ4v) is 1.82. The van der Waals surface area contributed by atoms with Crippen LogP contribution in [-0.2, 0) is 4.74 Å². The molecule has 0 radical (unpaired) electrons. The first kappa shape index (κ1) is 13.1. The van der Waals surface area contributed by atoms with E-state index in [0.29, 0.717) is 13.2 Å². The van der Waals surface area contributed by atoms with Crippen molar-refractivity contribution in [3.8, 4) is 0 Å². The number of ether oxygens (including phenoxy) is 1. The van der Waals surface area contributed by atoms with Crippen molar-refractivity contribution in [1.29, 1.82) is 0 Å². The van der Waals surface area contributed by atoms with Gasteiger partial charge in [0.15, 0.2) is 0 Å². The standard InChI is InChI=1S/C13H16ClN3O/c1-9(2)18-8-7-15-12-10-5-3-4-6-11(10)16-13(14)17-12/h3-6,9H,7-8H2,1-2H3,(H,15,16,17).